The average Bonchev–Trinajstić information content (AvgIpc) is 2.89. The zero-order valence-electron chi connectivity index (χ0n) is 12.4. The third-order valence-electron chi connectivity index (χ3n) is 3.40. The Labute approximate surface area is 133 Å². The number of hydrogen-bond donors (Lipinski definition) is 0. The van der Waals surface area contributed by atoms with Crippen LogP contribution in [-0.2, 0) is 0 Å². The highest BCUT2D eigenvalue weighted by molar-refractivity contribution is 8.00. The molecule has 0 radical (unpaired) electrons. The minimum absolute atomic E-state index is 0.0806. The van der Waals surface area contributed by atoms with Gasteiger partial charge in [0.2, 0.25) is 0 Å². The summed E-state index contributed by atoms with van der Waals surface area (Å²) in [6.07, 6.45) is 1.88. The first-order valence-electron chi connectivity index (χ1n) is 6.93. The van der Waals surface area contributed by atoms with Gasteiger partial charge in [-0.3, -0.25) is 9.20 Å². The molecule has 0 aliphatic carbocycles. The van der Waals surface area contributed by atoms with E-state index in [0.29, 0.717) is 11.4 Å². The third-order valence-corrected chi connectivity index (χ3v) is 4.41. The number of rotatable bonds is 5. The molecular weight excluding hydrogens is 296 g/mol. The van der Waals surface area contributed by atoms with Gasteiger partial charge in [-0.2, -0.15) is 0 Å². The van der Waals surface area contributed by atoms with Gasteiger partial charge in [-0.15, -0.1) is 11.8 Å². The number of aryl methyl sites for hydroxylation is 1. The Bertz CT molecular complexity index is 809. The van der Waals surface area contributed by atoms with E-state index < -0.39 is 0 Å². The third kappa shape index (κ3) is 2.85. The molecule has 5 heteroatoms. The number of fused-ring (bicyclic) bond motifs is 1. The first kappa shape index (κ1) is 14.7. The minimum atomic E-state index is 0.0806. The fourth-order valence-electron chi connectivity index (χ4n) is 2.34. The molecule has 0 fully saturated rings. The van der Waals surface area contributed by atoms with Crippen LogP contribution in [0.3, 0.4) is 0 Å². The van der Waals surface area contributed by atoms with Crippen molar-refractivity contribution in [1.82, 2.24) is 9.38 Å². The molecule has 112 valence electrons. The second kappa shape index (κ2) is 6.23. The van der Waals surface area contributed by atoms with Crippen molar-refractivity contribution >= 4 is 23.2 Å². The summed E-state index contributed by atoms with van der Waals surface area (Å²) >= 11 is 1.52. The largest absolute Gasteiger partial charge is 0.497 e. The number of carbonyl (C=O) groups is 1. The summed E-state index contributed by atoms with van der Waals surface area (Å²) in [5, 5.41) is 0. The molecule has 0 saturated carbocycles. The number of carbonyl (C=O) groups excluding carboxylic acids is 1. The molecule has 3 rings (SSSR count). The molecule has 2 heterocycles. The summed E-state index contributed by atoms with van der Waals surface area (Å²) in [5.74, 6) is 1.28. The molecule has 0 aliphatic heterocycles. The predicted molar refractivity (Wildman–Crippen MR) is 88.0 cm³/mol. The van der Waals surface area contributed by atoms with Crippen molar-refractivity contribution in [3.63, 3.8) is 0 Å². The number of pyridine rings is 1. The molecule has 1 aromatic carbocycles. The highest BCUT2D eigenvalue weighted by Crippen LogP contribution is 2.23. The lowest BCUT2D eigenvalue weighted by Crippen LogP contribution is -2.07. The SMILES string of the molecule is COc1ccc(SCC(=O)c2c(C)nc3ccccn23)cc1. The number of aromatic nitrogens is 2. The summed E-state index contributed by atoms with van der Waals surface area (Å²) in [7, 11) is 1.64. The van der Waals surface area contributed by atoms with Gasteiger partial charge >= 0.3 is 0 Å². The Morgan fingerprint density at radius 2 is 2.00 bits per heavy atom. The molecular formula is C17H16N2O2S. The van der Waals surface area contributed by atoms with E-state index in [1.54, 1.807) is 7.11 Å². The number of Topliss-reactive ketones (excluding diaryl/α,β-unsaturated/α-hetero) is 1. The van der Waals surface area contributed by atoms with Crippen LogP contribution in [0, 0.1) is 6.92 Å². The number of imidazole rings is 1. The summed E-state index contributed by atoms with van der Waals surface area (Å²) in [6, 6.07) is 13.4. The maximum absolute atomic E-state index is 12.5. The molecule has 22 heavy (non-hydrogen) atoms. The van der Waals surface area contributed by atoms with Gasteiger partial charge in [-0.25, -0.2) is 4.98 Å². The van der Waals surface area contributed by atoms with E-state index in [2.05, 4.69) is 4.98 Å². The van der Waals surface area contributed by atoms with Crippen LogP contribution in [0.1, 0.15) is 16.2 Å². The summed E-state index contributed by atoms with van der Waals surface area (Å²) in [4.78, 5) is 18.0. The molecule has 0 atom stereocenters. The molecule has 0 bridgehead atoms. The predicted octanol–water partition coefficient (Wildman–Crippen LogP) is 3.63. The Morgan fingerprint density at radius 1 is 1.23 bits per heavy atom. The van der Waals surface area contributed by atoms with Crippen LogP contribution in [-0.4, -0.2) is 28.0 Å². The van der Waals surface area contributed by atoms with Crippen molar-refractivity contribution < 1.29 is 9.53 Å². The summed E-state index contributed by atoms with van der Waals surface area (Å²) in [6.45, 7) is 1.87. The van der Waals surface area contributed by atoms with Crippen molar-refractivity contribution in [2.75, 3.05) is 12.9 Å². The van der Waals surface area contributed by atoms with Crippen LogP contribution in [0.25, 0.3) is 5.65 Å². The van der Waals surface area contributed by atoms with Crippen molar-refractivity contribution in [1.29, 1.82) is 0 Å². The van der Waals surface area contributed by atoms with Crippen molar-refractivity contribution in [2.45, 2.75) is 11.8 Å². The van der Waals surface area contributed by atoms with Gasteiger partial charge in [-0.05, 0) is 43.3 Å². The van der Waals surface area contributed by atoms with Crippen LogP contribution in [0.5, 0.6) is 5.75 Å². The number of thioether (sulfide) groups is 1. The van der Waals surface area contributed by atoms with Crippen LogP contribution < -0.4 is 4.74 Å². The van der Waals surface area contributed by atoms with E-state index in [4.69, 9.17) is 4.74 Å². The zero-order chi connectivity index (χ0) is 15.5. The fraction of sp³-hybridized carbons (Fsp3) is 0.176. The van der Waals surface area contributed by atoms with Crippen molar-refractivity contribution in [2.24, 2.45) is 0 Å². The minimum Gasteiger partial charge on any atom is -0.497 e. The Kier molecular flexibility index (Phi) is 4.15. The fourth-order valence-corrected chi connectivity index (χ4v) is 3.10. The zero-order valence-corrected chi connectivity index (χ0v) is 13.3. The van der Waals surface area contributed by atoms with Crippen LogP contribution in [0.2, 0.25) is 0 Å². The van der Waals surface area contributed by atoms with E-state index in [9.17, 15) is 4.79 Å². The number of ketones is 1. The summed E-state index contributed by atoms with van der Waals surface area (Å²) < 4.78 is 6.98. The lowest BCUT2D eigenvalue weighted by atomic mass is 10.2. The second-order valence-corrected chi connectivity index (χ2v) is 5.91. The molecule has 3 aromatic rings. The highest BCUT2D eigenvalue weighted by atomic mass is 32.2. The average molecular weight is 312 g/mol. The van der Waals surface area contributed by atoms with Gasteiger partial charge in [0.25, 0.3) is 0 Å². The Hall–Kier alpha value is -2.27. The van der Waals surface area contributed by atoms with Gasteiger partial charge in [-0.1, -0.05) is 6.07 Å². The number of benzene rings is 1. The number of ether oxygens (including phenoxy) is 1. The van der Waals surface area contributed by atoms with Crippen LogP contribution in [0.15, 0.2) is 53.6 Å². The van der Waals surface area contributed by atoms with Gasteiger partial charge in [0.1, 0.15) is 17.1 Å². The van der Waals surface area contributed by atoms with E-state index in [1.807, 2.05) is 60.0 Å². The smallest absolute Gasteiger partial charge is 0.191 e. The second-order valence-electron chi connectivity index (χ2n) is 4.86. The normalized spacial score (nSPS) is 10.8. The van der Waals surface area contributed by atoms with Crippen molar-refractivity contribution in [3.05, 3.63) is 60.0 Å². The molecule has 0 spiro atoms. The molecule has 0 unspecified atom stereocenters. The molecule has 0 aliphatic rings. The topological polar surface area (TPSA) is 43.6 Å². The lowest BCUT2D eigenvalue weighted by Gasteiger charge is -2.04. The number of methoxy groups -OCH3 is 1. The van der Waals surface area contributed by atoms with Crippen LogP contribution >= 0.6 is 11.8 Å². The standard InChI is InChI=1S/C17H16N2O2S/c1-12-17(19-10-4-3-5-16(19)18-12)15(20)11-22-14-8-6-13(21-2)7-9-14/h3-10H,11H2,1-2H3. The first-order chi connectivity index (χ1) is 10.7. The molecule has 4 nitrogen and oxygen atoms in total. The maximum Gasteiger partial charge on any atom is 0.191 e. The maximum atomic E-state index is 12.5. The van der Waals surface area contributed by atoms with Crippen molar-refractivity contribution in [3.8, 4) is 5.75 Å². The van der Waals surface area contributed by atoms with E-state index in [1.165, 1.54) is 11.8 Å². The Balaban J connectivity index is 1.77. The number of nitrogens with zero attached hydrogens (tertiary/aromatic N) is 2. The van der Waals surface area contributed by atoms with Gasteiger partial charge in [0.05, 0.1) is 18.6 Å². The number of hydrogen-bond acceptors (Lipinski definition) is 4. The highest BCUT2D eigenvalue weighted by Gasteiger charge is 2.16. The molecule has 0 N–H and O–H groups in total. The first-order valence-corrected chi connectivity index (χ1v) is 7.91. The van der Waals surface area contributed by atoms with E-state index in [-0.39, 0.29) is 5.78 Å². The summed E-state index contributed by atoms with van der Waals surface area (Å²) in [5.41, 5.74) is 2.24. The van der Waals surface area contributed by atoms with Crippen LogP contribution in [0.4, 0.5) is 0 Å². The van der Waals surface area contributed by atoms with Gasteiger partial charge < -0.3 is 4.74 Å². The Morgan fingerprint density at radius 3 is 2.73 bits per heavy atom. The quantitative estimate of drug-likeness (QED) is 0.533. The van der Waals surface area contributed by atoms with Gasteiger partial charge in [0.15, 0.2) is 5.78 Å². The monoisotopic (exact) mass is 312 g/mol. The molecule has 0 saturated heterocycles. The van der Waals surface area contributed by atoms with E-state index in [0.717, 1.165) is 22.0 Å². The molecule has 2 aromatic heterocycles. The lowest BCUT2D eigenvalue weighted by molar-refractivity contribution is 0.101. The molecule has 0 amide bonds. The van der Waals surface area contributed by atoms with Gasteiger partial charge in [0, 0.05) is 11.1 Å². The van der Waals surface area contributed by atoms with E-state index >= 15 is 0 Å².